The van der Waals surface area contributed by atoms with E-state index in [9.17, 15) is 0 Å². The second kappa shape index (κ2) is 7.45. The summed E-state index contributed by atoms with van der Waals surface area (Å²) in [5.41, 5.74) is 6.85. The van der Waals surface area contributed by atoms with Crippen LogP contribution < -0.4 is 15.4 Å². The number of benzene rings is 1. The molecule has 5 heteroatoms. The lowest BCUT2D eigenvalue weighted by Gasteiger charge is -2.23. The van der Waals surface area contributed by atoms with Gasteiger partial charge in [0.25, 0.3) is 0 Å². The molecule has 2 N–H and O–H groups in total. The van der Waals surface area contributed by atoms with E-state index in [2.05, 4.69) is 27.0 Å². The minimum absolute atomic E-state index is 0.522. The predicted octanol–water partition coefficient (Wildman–Crippen LogP) is 1.84. The molecule has 0 saturated carbocycles. The van der Waals surface area contributed by atoms with E-state index in [1.54, 1.807) is 19.5 Å². The summed E-state index contributed by atoms with van der Waals surface area (Å²) in [5.74, 6) is 1.33. The first-order valence-corrected chi connectivity index (χ1v) is 6.68. The lowest BCUT2D eigenvalue weighted by Crippen LogP contribution is -2.26. The molecule has 1 aromatic carbocycles. The predicted molar refractivity (Wildman–Crippen MR) is 79.7 cm³/mol. The van der Waals surface area contributed by atoms with Gasteiger partial charge in [-0.05, 0) is 18.5 Å². The van der Waals surface area contributed by atoms with Crippen LogP contribution in [0.2, 0.25) is 0 Å². The number of nitrogens with two attached hydrogens (primary N) is 1. The van der Waals surface area contributed by atoms with Crippen molar-refractivity contribution in [1.29, 1.82) is 0 Å². The molecule has 0 fully saturated rings. The maximum Gasteiger partial charge on any atom is 0.233 e. The zero-order valence-electron chi connectivity index (χ0n) is 11.7. The molecule has 0 radical (unpaired) electrons. The highest BCUT2D eigenvalue weighted by Crippen LogP contribution is 2.17. The summed E-state index contributed by atoms with van der Waals surface area (Å²) in [5, 5.41) is 0. The Morgan fingerprint density at radius 1 is 1.20 bits per heavy atom. The van der Waals surface area contributed by atoms with E-state index in [0.29, 0.717) is 12.4 Å². The van der Waals surface area contributed by atoms with Crippen molar-refractivity contribution in [3.8, 4) is 5.88 Å². The second-order valence-electron chi connectivity index (χ2n) is 4.47. The fourth-order valence-corrected chi connectivity index (χ4v) is 1.95. The quantitative estimate of drug-likeness (QED) is 0.833. The first kappa shape index (κ1) is 14.3. The van der Waals surface area contributed by atoms with Crippen LogP contribution in [0.15, 0.2) is 42.7 Å². The van der Waals surface area contributed by atoms with Gasteiger partial charge in [-0.3, -0.25) is 4.98 Å². The van der Waals surface area contributed by atoms with E-state index in [4.69, 9.17) is 10.5 Å². The smallest absolute Gasteiger partial charge is 0.233 e. The van der Waals surface area contributed by atoms with Crippen molar-refractivity contribution in [1.82, 2.24) is 9.97 Å². The van der Waals surface area contributed by atoms with Crippen molar-refractivity contribution in [2.24, 2.45) is 5.73 Å². The molecule has 0 amide bonds. The van der Waals surface area contributed by atoms with Gasteiger partial charge in [0.05, 0.1) is 19.5 Å². The normalized spacial score (nSPS) is 10.3. The third-order valence-electron chi connectivity index (χ3n) is 2.98. The van der Waals surface area contributed by atoms with Crippen LogP contribution in [-0.4, -0.2) is 30.2 Å². The summed E-state index contributed by atoms with van der Waals surface area (Å²) in [4.78, 5) is 10.8. The topological polar surface area (TPSA) is 64.3 Å². The standard InChI is InChI=1S/C15H20N4O/c1-20-15-11-17-10-14(18-15)19(9-5-8-16)12-13-6-3-2-4-7-13/h2-4,6-7,10-11H,5,8-9,12,16H2,1H3. The van der Waals surface area contributed by atoms with Crippen molar-refractivity contribution < 1.29 is 4.74 Å². The molecule has 1 aromatic heterocycles. The molecule has 106 valence electrons. The maximum atomic E-state index is 5.62. The summed E-state index contributed by atoms with van der Waals surface area (Å²) >= 11 is 0. The van der Waals surface area contributed by atoms with Crippen molar-refractivity contribution in [2.45, 2.75) is 13.0 Å². The molecule has 1 heterocycles. The van der Waals surface area contributed by atoms with Gasteiger partial charge in [-0.2, -0.15) is 4.98 Å². The van der Waals surface area contributed by atoms with Gasteiger partial charge in [0.2, 0.25) is 5.88 Å². The molecule has 5 nitrogen and oxygen atoms in total. The third kappa shape index (κ3) is 3.93. The number of methoxy groups -OCH3 is 1. The molecular weight excluding hydrogens is 252 g/mol. The molecule has 0 aliphatic rings. The van der Waals surface area contributed by atoms with Gasteiger partial charge < -0.3 is 15.4 Å². The maximum absolute atomic E-state index is 5.62. The Morgan fingerprint density at radius 3 is 2.70 bits per heavy atom. The molecule has 0 aliphatic heterocycles. The Labute approximate surface area is 119 Å². The zero-order chi connectivity index (χ0) is 14.2. The van der Waals surface area contributed by atoms with Gasteiger partial charge in [-0.15, -0.1) is 0 Å². The summed E-state index contributed by atoms with van der Waals surface area (Å²) in [6, 6.07) is 10.3. The number of aromatic nitrogens is 2. The summed E-state index contributed by atoms with van der Waals surface area (Å²) in [6.07, 6.45) is 4.26. The minimum Gasteiger partial charge on any atom is -0.480 e. The van der Waals surface area contributed by atoms with Crippen LogP contribution in [0.5, 0.6) is 5.88 Å². The lowest BCUT2D eigenvalue weighted by atomic mass is 10.2. The van der Waals surface area contributed by atoms with E-state index >= 15 is 0 Å². The van der Waals surface area contributed by atoms with Crippen LogP contribution in [-0.2, 0) is 6.54 Å². The number of hydrogen-bond acceptors (Lipinski definition) is 5. The molecule has 0 aliphatic carbocycles. The zero-order valence-corrected chi connectivity index (χ0v) is 11.7. The number of hydrogen-bond donors (Lipinski definition) is 1. The molecule has 2 aromatic rings. The summed E-state index contributed by atoms with van der Waals surface area (Å²) < 4.78 is 5.13. The fourth-order valence-electron chi connectivity index (χ4n) is 1.95. The summed E-state index contributed by atoms with van der Waals surface area (Å²) in [6.45, 7) is 2.28. The van der Waals surface area contributed by atoms with Crippen molar-refractivity contribution in [2.75, 3.05) is 25.1 Å². The highest BCUT2D eigenvalue weighted by Gasteiger charge is 2.10. The number of ether oxygens (including phenoxy) is 1. The van der Waals surface area contributed by atoms with E-state index in [1.807, 2.05) is 18.2 Å². The van der Waals surface area contributed by atoms with Crippen molar-refractivity contribution in [3.63, 3.8) is 0 Å². The average molecular weight is 272 g/mol. The van der Waals surface area contributed by atoms with Crippen LogP contribution in [0.1, 0.15) is 12.0 Å². The first-order chi connectivity index (χ1) is 9.83. The van der Waals surface area contributed by atoms with Crippen LogP contribution in [0.4, 0.5) is 5.82 Å². The van der Waals surface area contributed by atoms with Crippen LogP contribution in [0.3, 0.4) is 0 Å². The Morgan fingerprint density at radius 2 is 2.00 bits per heavy atom. The SMILES string of the molecule is COc1cncc(N(CCCN)Cc2ccccc2)n1. The molecule has 20 heavy (non-hydrogen) atoms. The highest BCUT2D eigenvalue weighted by atomic mass is 16.5. The average Bonchev–Trinajstić information content (AvgIpc) is 2.52. The molecule has 0 spiro atoms. The Kier molecular flexibility index (Phi) is 5.32. The molecular formula is C15H20N4O. The van der Waals surface area contributed by atoms with Gasteiger partial charge in [-0.25, -0.2) is 0 Å². The van der Waals surface area contributed by atoms with Crippen molar-refractivity contribution in [3.05, 3.63) is 48.3 Å². The summed E-state index contributed by atoms with van der Waals surface area (Å²) in [7, 11) is 1.59. The van der Waals surface area contributed by atoms with Gasteiger partial charge in [-0.1, -0.05) is 30.3 Å². The van der Waals surface area contributed by atoms with E-state index in [1.165, 1.54) is 5.56 Å². The van der Waals surface area contributed by atoms with E-state index in [-0.39, 0.29) is 0 Å². The Bertz CT molecular complexity index is 518. The monoisotopic (exact) mass is 272 g/mol. The third-order valence-corrected chi connectivity index (χ3v) is 2.98. The highest BCUT2D eigenvalue weighted by molar-refractivity contribution is 5.39. The van der Waals surface area contributed by atoms with E-state index in [0.717, 1.165) is 25.3 Å². The molecule has 0 atom stereocenters. The largest absolute Gasteiger partial charge is 0.480 e. The molecule has 0 unspecified atom stereocenters. The van der Waals surface area contributed by atoms with Gasteiger partial charge >= 0.3 is 0 Å². The number of anilines is 1. The van der Waals surface area contributed by atoms with Crippen molar-refractivity contribution >= 4 is 5.82 Å². The molecule has 2 rings (SSSR count). The lowest BCUT2D eigenvalue weighted by molar-refractivity contribution is 0.395. The van der Waals surface area contributed by atoms with Gasteiger partial charge in [0.1, 0.15) is 0 Å². The fraction of sp³-hybridized carbons (Fsp3) is 0.333. The number of rotatable bonds is 7. The minimum atomic E-state index is 0.522. The van der Waals surface area contributed by atoms with E-state index < -0.39 is 0 Å². The number of nitrogens with zero attached hydrogens (tertiary/aromatic N) is 3. The first-order valence-electron chi connectivity index (χ1n) is 6.68. The van der Waals surface area contributed by atoms with Gasteiger partial charge in [0.15, 0.2) is 5.82 Å². The molecule has 0 saturated heterocycles. The van der Waals surface area contributed by atoms with Gasteiger partial charge in [0, 0.05) is 13.1 Å². The van der Waals surface area contributed by atoms with Crippen LogP contribution in [0.25, 0.3) is 0 Å². The Balaban J connectivity index is 2.17. The van der Waals surface area contributed by atoms with Crippen LogP contribution >= 0.6 is 0 Å². The molecule has 0 bridgehead atoms. The second-order valence-corrected chi connectivity index (χ2v) is 4.47. The van der Waals surface area contributed by atoms with Crippen LogP contribution in [0, 0.1) is 0 Å². The Hall–Kier alpha value is -2.14.